The van der Waals surface area contributed by atoms with E-state index in [-0.39, 0.29) is 24.0 Å². The molecular formula is C8H17N5O2S. The van der Waals surface area contributed by atoms with Crippen molar-refractivity contribution >= 4 is 21.7 Å². The van der Waals surface area contributed by atoms with Crippen LogP contribution in [0.2, 0.25) is 0 Å². The average molecular weight is 247 g/mol. The molecule has 92 valence electrons. The first-order valence-corrected chi connectivity index (χ1v) is 6.95. The summed E-state index contributed by atoms with van der Waals surface area (Å²) in [6.07, 6.45) is 0. The van der Waals surface area contributed by atoms with Gasteiger partial charge in [0.25, 0.3) is 0 Å². The van der Waals surface area contributed by atoms with Crippen LogP contribution in [0.1, 0.15) is 13.8 Å². The number of anilines is 2. The van der Waals surface area contributed by atoms with E-state index in [2.05, 4.69) is 15.4 Å². The number of nitrogens with zero attached hydrogens (tertiary/aromatic N) is 3. The number of aromatic nitrogens is 3. The Kier molecular flexibility index (Phi) is 4.11. The fourth-order valence-electron chi connectivity index (χ4n) is 1.12. The lowest BCUT2D eigenvalue weighted by atomic mass is 10.7. The summed E-state index contributed by atoms with van der Waals surface area (Å²) in [7, 11) is -3.00. The number of hydrogen-bond donors (Lipinski definition) is 2. The third-order valence-electron chi connectivity index (χ3n) is 2.09. The van der Waals surface area contributed by atoms with Crippen molar-refractivity contribution in [1.82, 2.24) is 14.8 Å². The fourth-order valence-corrected chi connectivity index (χ4v) is 1.86. The van der Waals surface area contributed by atoms with Crippen molar-refractivity contribution in [2.45, 2.75) is 20.4 Å². The SMILES string of the molecule is CCNc1nc(N)n(CCS(=O)(=O)CC)n1. The van der Waals surface area contributed by atoms with Crippen LogP contribution in [0, 0.1) is 0 Å². The van der Waals surface area contributed by atoms with Crippen molar-refractivity contribution in [2.75, 3.05) is 29.1 Å². The number of nitrogen functional groups attached to an aromatic ring is 1. The Hall–Kier alpha value is -1.31. The molecule has 1 aromatic rings. The molecular weight excluding hydrogens is 230 g/mol. The van der Waals surface area contributed by atoms with Crippen molar-refractivity contribution in [3.8, 4) is 0 Å². The molecule has 0 radical (unpaired) electrons. The smallest absolute Gasteiger partial charge is 0.243 e. The Morgan fingerprint density at radius 2 is 2.12 bits per heavy atom. The first kappa shape index (κ1) is 12.8. The van der Waals surface area contributed by atoms with Crippen LogP contribution in [-0.4, -0.2) is 41.2 Å². The molecule has 0 fully saturated rings. The molecule has 1 rings (SSSR count). The molecule has 0 aromatic carbocycles. The lowest BCUT2D eigenvalue weighted by Crippen LogP contribution is -2.16. The van der Waals surface area contributed by atoms with E-state index in [0.717, 1.165) is 0 Å². The predicted octanol–water partition coefficient (Wildman–Crippen LogP) is -0.273. The molecule has 0 saturated carbocycles. The maximum absolute atomic E-state index is 11.3. The second-order valence-corrected chi connectivity index (χ2v) is 5.76. The molecule has 0 aliphatic carbocycles. The topological polar surface area (TPSA) is 103 Å². The van der Waals surface area contributed by atoms with E-state index < -0.39 is 9.84 Å². The minimum Gasteiger partial charge on any atom is -0.368 e. The highest BCUT2D eigenvalue weighted by Gasteiger charge is 2.11. The van der Waals surface area contributed by atoms with Crippen LogP contribution in [0.15, 0.2) is 0 Å². The van der Waals surface area contributed by atoms with Crippen molar-refractivity contribution in [3.63, 3.8) is 0 Å². The van der Waals surface area contributed by atoms with Crippen LogP contribution < -0.4 is 11.1 Å². The minimum absolute atomic E-state index is 0.0304. The Labute approximate surface area is 95.0 Å². The first-order chi connectivity index (χ1) is 7.48. The second kappa shape index (κ2) is 5.15. The van der Waals surface area contributed by atoms with Crippen LogP contribution >= 0.6 is 0 Å². The van der Waals surface area contributed by atoms with Gasteiger partial charge in [0.15, 0.2) is 9.84 Å². The van der Waals surface area contributed by atoms with Gasteiger partial charge in [-0.2, -0.15) is 4.98 Å². The number of hydrogen-bond acceptors (Lipinski definition) is 6. The molecule has 0 bridgehead atoms. The maximum atomic E-state index is 11.3. The van der Waals surface area contributed by atoms with Crippen LogP contribution in [0.4, 0.5) is 11.9 Å². The van der Waals surface area contributed by atoms with Crippen molar-refractivity contribution < 1.29 is 8.42 Å². The summed E-state index contributed by atoms with van der Waals surface area (Å²) in [5, 5.41) is 6.95. The zero-order valence-electron chi connectivity index (χ0n) is 9.47. The zero-order valence-corrected chi connectivity index (χ0v) is 10.3. The van der Waals surface area contributed by atoms with E-state index in [4.69, 9.17) is 5.73 Å². The number of sulfone groups is 1. The van der Waals surface area contributed by atoms with E-state index >= 15 is 0 Å². The summed E-state index contributed by atoms with van der Waals surface area (Å²) in [6.45, 7) is 4.46. The molecule has 7 nitrogen and oxygen atoms in total. The van der Waals surface area contributed by atoms with Crippen LogP contribution in [0.25, 0.3) is 0 Å². The Morgan fingerprint density at radius 1 is 1.44 bits per heavy atom. The summed E-state index contributed by atoms with van der Waals surface area (Å²) >= 11 is 0. The summed E-state index contributed by atoms with van der Waals surface area (Å²) < 4.78 is 24.0. The van der Waals surface area contributed by atoms with Crippen molar-refractivity contribution in [2.24, 2.45) is 0 Å². The number of rotatable bonds is 6. The van der Waals surface area contributed by atoms with Gasteiger partial charge in [-0.05, 0) is 6.92 Å². The number of aryl methyl sites for hydroxylation is 1. The van der Waals surface area contributed by atoms with E-state index in [9.17, 15) is 8.42 Å². The normalized spacial score (nSPS) is 11.6. The summed E-state index contributed by atoms with van der Waals surface area (Å²) in [6, 6.07) is 0. The first-order valence-electron chi connectivity index (χ1n) is 5.13. The van der Waals surface area contributed by atoms with Gasteiger partial charge >= 0.3 is 0 Å². The third-order valence-corrected chi connectivity index (χ3v) is 3.77. The molecule has 0 aliphatic rings. The van der Waals surface area contributed by atoms with Gasteiger partial charge in [0, 0.05) is 12.3 Å². The van der Waals surface area contributed by atoms with Crippen molar-refractivity contribution in [3.05, 3.63) is 0 Å². The van der Waals surface area contributed by atoms with E-state index in [0.29, 0.717) is 12.5 Å². The molecule has 1 aromatic heterocycles. The highest BCUT2D eigenvalue weighted by atomic mass is 32.2. The highest BCUT2D eigenvalue weighted by molar-refractivity contribution is 7.91. The van der Waals surface area contributed by atoms with E-state index in [1.807, 2.05) is 6.92 Å². The van der Waals surface area contributed by atoms with Gasteiger partial charge in [-0.15, -0.1) is 5.10 Å². The lowest BCUT2D eigenvalue weighted by molar-refractivity contribution is 0.583. The second-order valence-electron chi connectivity index (χ2n) is 3.28. The van der Waals surface area contributed by atoms with Crippen LogP contribution in [0.5, 0.6) is 0 Å². The molecule has 3 N–H and O–H groups in total. The largest absolute Gasteiger partial charge is 0.368 e. The number of nitrogens with two attached hydrogens (primary N) is 1. The van der Waals surface area contributed by atoms with Gasteiger partial charge in [0.05, 0.1) is 12.3 Å². The van der Waals surface area contributed by atoms with Gasteiger partial charge in [0.1, 0.15) is 0 Å². The molecule has 0 spiro atoms. The molecule has 8 heteroatoms. The van der Waals surface area contributed by atoms with Crippen molar-refractivity contribution in [1.29, 1.82) is 0 Å². The Balaban J connectivity index is 2.67. The molecule has 0 aliphatic heterocycles. The lowest BCUT2D eigenvalue weighted by Gasteiger charge is -2.02. The van der Waals surface area contributed by atoms with Gasteiger partial charge < -0.3 is 11.1 Å². The summed E-state index contributed by atoms with van der Waals surface area (Å²) in [5.74, 6) is 0.806. The molecule has 0 unspecified atom stereocenters. The molecule has 0 atom stereocenters. The highest BCUT2D eigenvalue weighted by Crippen LogP contribution is 2.05. The minimum atomic E-state index is -3.00. The summed E-state index contributed by atoms with van der Waals surface area (Å²) in [4.78, 5) is 3.95. The zero-order chi connectivity index (χ0) is 12.2. The molecule has 0 saturated heterocycles. The molecule has 1 heterocycles. The van der Waals surface area contributed by atoms with Gasteiger partial charge in [-0.25, -0.2) is 13.1 Å². The monoisotopic (exact) mass is 247 g/mol. The standard InChI is InChI=1S/C8H17N5O2S/c1-3-10-8-11-7(9)13(12-8)5-6-16(14,15)4-2/h3-6H2,1-2H3,(H3,9,10,11,12). The average Bonchev–Trinajstić information content (AvgIpc) is 2.57. The Bertz CT molecular complexity index is 439. The van der Waals surface area contributed by atoms with Gasteiger partial charge in [-0.3, -0.25) is 0 Å². The quantitative estimate of drug-likeness (QED) is 0.717. The molecule has 0 amide bonds. The Morgan fingerprint density at radius 3 is 2.69 bits per heavy atom. The molecule has 16 heavy (non-hydrogen) atoms. The summed E-state index contributed by atoms with van der Waals surface area (Å²) in [5.41, 5.74) is 5.60. The maximum Gasteiger partial charge on any atom is 0.243 e. The van der Waals surface area contributed by atoms with Crippen LogP contribution in [0.3, 0.4) is 0 Å². The van der Waals surface area contributed by atoms with E-state index in [1.165, 1.54) is 4.68 Å². The fraction of sp³-hybridized carbons (Fsp3) is 0.750. The van der Waals surface area contributed by atoms with E-state index in [1.54, 1.807) is 6.92 Å². The third kappa shape index (κ3) is 3.37. The van der Waals surface area contributed by atoms with Gasteiger partial charge in [-0.1, -0.05) is 6.92 Å². The van der Waals surface area contributed by atoms with Crippen LogP contribution in [-0.2, 0) is 16.4 Å². The predicted molar refractivity (Wildman–Crippen MR) is 62.9 cm³/mol. The number of nitrogens with one attached hydrogen (secondary N) is 1. The van der Waals surface area contributed by atoms with Gasteiger partial charge in [0.2, 0.25) is 11.9 Å².